The monoisotopic (exact) mass is 210 g/mol. The number of aromatic nitrogens is 4. The van der Waals surface area contributed by atoms with Gasteiger partial charge in [0.25, 0.3) is 0 Å². The Balaban J connectivity index is 2.23. The van der Waals surface area contributed by atoms with Crippen molar-refractivity contribution in [1.82, 2.24) is 19.6 Å². The molecule has 0 saturated heterocycles. The van der Waals surface area contributed by atoms with Crippen molar-refractivity contribution < 1.29 is 0 Å². The van der Waals surface area contributed by atoms with Crippen LogP contribution in [-0.2, 0) is 0 Å². The van der Waals surface area contributed by atoms with Gasteiger partial charge in [-0.25, -0.2) is 9.50 Å². The molecule has 0 aromatic carbocycles. The molecule has 78 valence electrons. The summed E-state index contributed by atoms with van der Waals surface area (Å²) in [6, 6.07) is 7.83. The number of aryl methyl sites for hydroxylation is 1. The highest BCUT2D eigenvalue weighted by Crippen LogP contribution is 2.15. The molecule has 0 atom stereocenters. The van der Waals surface area contributed by atoms with Crippen LogP contribution in [0.1, 0.15) is 5.56 Å². The average molecular weight is 210 g/mol. The van der Waals surface area contributed by atoms with Gasteiger partial charge >= 0.3 is 0 Å². The summed E-state index contributed by atoms with van der Waals surface area (Å²) in [5, 5.41) is 4.41. The van der Waals surface area contributed by atoms with E-state index in [4.69, 9.17) is 0 Å². The number of pyridine rings is 2. The van der Waals surface area contributed by atoms with Gasteiger partial charge in [0.15, 0.2) is 11.5 Å². The molecule has 4 nitrogen and oxygen atoms in total. The van der Waals surface area contributed by atoms with Crippen LogP contribution in [-0.4, -0.2) is 19.6 Å². The number of rotatable bonds is 1. The Morgan fingerprint density at radius 3 is 2.88 bits per heavy atom. The quantitative estimate of drug-likeness (QED) is 0.617. The summed E-state index contributed by atoms with van der Waals surface area (Å²) < 4.78 is 1.79. The summed E-state index contributed by atoms with van der Waals surface area (Å²) in [6.45, 7) is 2.02. The first-order valence-corrected chi connectivity index (χ1v) is 5.07. The Morgan fingerprint density at radius 2 is 2.12 bits per heavy atom. The highest BCUT2D eigenvalue weighted by molar-refractivity contribution is 5.58. The summed E-state index contributed by atoms with van der Waals surface area (Å²) in [5.74, 6) is 0.711. The topological polar surface area (TPSA) is 43.1 Å². The van der Waals surface area contributed by atoms with Crippen LogP contribution in [0, 0.1) is 6.92 Å². The minimum Gasteiger partial charge on any atom is -0.264 e. The minimum atomic E-state index is 0.711. The van der Waals surface area contributed by atoms with Crippen molar-refractivity contribution in [3.05, 3.63) is 48.4 Å². The lowest BCUT2D eigenvalue weighted by Crippen LogP contribution is -1.87. The first kappa shape index (κ1) is 9.03. The average Bonchev–Trinajstić information content (AvgIpc) is 2.76. The maximum Gasteiger partial charge on any atom is 0.183 e. The van der Waals surface area contributed by atoms with Crippen LogP contribution < -0.4 is 0 Å². The molecule has 16 heavy (non-hydrogen) atoms. The molecule has 3 rings (SSSR count). The lowest BCUT2D eigenvalue weighted by atomic mass is 10.3. The van der Waals surface area contributed by atoms with Crippen molar-refractivity contribution in [2.45, 2.75) is 6.92 Å². The summed E-state index contributed by atoms with van der Waals surface area (Å²) in [6.07, 6.45) is 5.41. The lowest BCUT2D eigenvalue weighted by molar-refractivity contribution is 0.960. The van der Waals surface area contributed by atoms with E-state index in [-0.39, 0.29) is 0 Å². The van der Waals surface area contributed by atoms with Gasteiger partial charge in [0, 0.05) is 24.2 Å². The van der Waals surface area contributed by atoms with Gasteiger partial charge in [-0.15, -0.1) is 5.10 Å². The Hall–Kier alpha value is -2.23. The molecule has 0 radical (unpaired) electrons. The SMILES string of the molecule is Cc1cccn2nc(-c3cccnc3)nc12. The van der Waals surface area contributed by atoms with E-state index in [2.05, 4.69) is 15.1 Å². The number of hydrogen-bond donors (Lipinski definition) is 0. The third kappa shape index (κ3) is 1.35. The van der Waals surface area contributed by atoms with Crippen molar-refractivity contribution in [2.75, 3.05) is 0 Å². The lowest BCUT2D eigenvalue weighted by Gasteiger charge is -1.92. The zero-order valence-electron chi connectivity index (χ0n) is 8.83. The predicted molar refractivity (Wildman–Crippen MR) is 61.0 cm³/mol. The largest absolute Gasteiger partial charge is 0.264 e. The van der Waals surface area contributed by atoms with Crippen molar-refractivity contribution in [2.24, 2.45) is 0 Å². The highest BCUT2D eigenvalue weighted by Gasteiger charge is 2.06. The molecular formula is C12H10N4. The minimum absolute atomic E-state index is 0.711. The van der Waals surface area contributed by atoms with Gasteiger partial charge in [0.2, 0.25) is 0 Å². The molecule has 3 heterocycles. The first-order valence-electron chi connectivity index (χ1n) is 5.07. The normalized spacial score (nSPS) is 10.8. The summed E-state index contributed by atoms with van der Waals surface area (Å²) in [5.41, 5.74) is 2.94. The van der Waals surface area contributed by atoms with E-state index in [1.54, 1.807) is 16.9 Å². The Morgan fingerprint density at radius 1 is 1.19 bits per heavy atom. The molecule has 3 aromatic heterocycles. The van der Waals surface area contributed by atoms with Crippen LogP contribution in [0.4, 0.5) is 0 Å². The smallest absolute Gasteiger partial charge is 0.183 e. The van der Waals surface area contributed by atoms with Crippen molar-refractivity contribution in [3.8, 4) is 11.4 Å². The van der Waals surface area contributed by atoms with Crippen LogP contribution in [0.5, 0.6) is 0 Å². The maximum absolute atomic E-state index is 4.49. The Kier molecular flexibility index (Phi) is 1.93. The zero-order valence-corrected chi connectivity index (χ0v) is 8.83. The first-order chi connectivity index (χ1) is 7.84. The number of fused-ring (bicyclic) bond motifs is 1. The molecule has 0 unspecified atom stereocenters. The fraction of sp³-hybridized carbons (Fsp3) is 0.0833. The zero-order chi connectivity index (χ0) is 11.0. The molecule has 0 N–H and O–H groups in total. The van der Waals surface area contributed by atoms with Crippen LogP contribution in [0.2, 0.25) is 0 Å². The predicted octanol–water partition coefficient (Wildman–Crippen LogP) is 2.10. The third-order valence-electron chi connectivity index (χ3n) is 2.48. The van der Waals surface area contributed by atoms with Gasteiger partial charge in [-0.05, 0) is 30.7 Å². The van der Waals surface area contributed by atoms with Gasteiger partial charge in [-0.3, -0.25) is 4.98 Å². The van der Waals surface area contributed by atoms with E-state index in [1.807, 2.05) is 37.4 Å². The standard InChI is InChI=1S/C12H10N4/c1-9-4-3-7-16-12(9)14-11(15-16)10-5-2-6-13-8-10/h2-8H,1H3. The van der Waals surface area contributed by atoms with Crippen molar-refractivity contribution in [3.63, 3.8) is 0 Å². The van der Waals surface area contributed by atoms with Gasteiger partial charge in [-0.2, -0.15) is 0 Å². The van der Waals surface area contributed by atoms with Crippen LogP contribution in [0.15, 0.2) is 42.9 Å². The van der Waals surface area contributed by atoms with Gasteiger partial charge < -0.3 is 0 Å². The van der Waals surface area contributed by atoms with E-state index >= 15 is 0 Å². The molecule has 0 amide bonds. The van der Waals surface area contributed by atoms with Crippen LogP contribution in [0.25, 0.3) is 17.0 Å². The molecule has 3 aromatic rings. The van der Waals surface area contributed by atoms with E-state index in [9.17, 15) is 0 Å². The Bertz CT molecular complexity index is 628. The van der Waals surface area contributed by atoms with Gasteiger partial charge in [0.05, 0.1) is 0 Å². The second kappa shape index (κ2) is 3.41. The molecule has 0 bridgehead atoms. The highest BCUT2D eigenvalue weighted by atomic mass is 15.3. The maximum atomic E-state index is 4.49. The second-order valence-corrected chi connectivity index (χ2v) is 3.64. The van der Waals surface area contributed by atoms with Gasteiger partial charge in [-0.1, -0.05) is 6.07 Å². The van der Waals surface area contributed by atoms with E-state index in [0.717, 1.165) is 16.8 Å². The summed E-state index contributed by atoms with van der Waals surface area (Å²) in [7, 11) is 0. The van der Waals surface area contributed by atoms with Crippen LogP contribution >= 0.6 is 0 Å². The molecule has 4 heteroatoms. The molecule has 0 saturated carbocycles. The molecule has 0 aliphatic heterocycles. The van der Waals surface area contributed by atoms with Gasteiger partial charge in [0.1, 0.15) is 0 Å². The van der Waals surface area contributed by atoms with Crippen LogP contribution in [0.3, 0.4) is 0 Å². The molecular weight excluding hydrogens is 200 g/mol. The Labute approximate surface area is 92.6 Å². The third-order valence-corrected chi connectivity index (χ3v) is 2.48. The number of hydrogen-bond acceptors (Lipinski definition) is 3. The summed E-state index contributed by atoms with van der Waals surface area (Å²) >= 11 is 0. The number of nitrogens with zero attached hydrogens (tertiary/aromatic N) is 4. The molecule has 0 aliphatic carbocycles. The van der Waals surface area contributed by atoms with E-state index < -0.39 is 0 Å². The summed E-state index contributed by atoms with van der Waals surface area (Å²) in [4.78, 5) is 8.56. The van der Waals surface area contributed by atoms with E-state index in [1.165, 1.54) is 0 Å². The molecule has 0 spiro atoms. The van der Waals surface area contributed by atoms with E-state index in [0.29, 0.717) is 5.82 Å². The fourth-order valence-electron chi connectivity index (χ4n) is 1.66. The fourth-order valence-corrected chi connectivity index (χ4v) is 1.66. The molecule has 0 fully saturated rings. The molecule has 0 aliphatic rings. The van der Waals surface area contributed by atoms with Crippen molar-refractivity contribution in [1.29, 1.82) is 0 Å². The second-order valence-electron chi connectivity index (χ2n) is 3.64. The van der Waals surface area contributed by atoms with Crippen molar-refractivity contribution >= 4 is 5.65 Å².